The highest BCUT2D eigenvalue weighted by atomic mass is 16.2. The van der Waals surface area contributed by atoms with Crippen LogP contribution < -0.4 is 10.7 Å². The van der Waals surface area contributed by atoms with Crippen LogP contribution in [0, 0.1) is 5.92 Å². The van der Waals surface area contributed by atoms with Gasteiger partial charge in [0.05, 0.1) is 12.3 Å². The van der Waals surface area contributed by atoms with E-state index in [-0.39, 0.29) is 6.03 Å². The lowest BCUT2D eigenvalue weighted by Crippen LogP contribution is -2.42. The number of urea groups is 1. The summed E-state index contributed by atoms with van der Waals surface area (Å²) in [6, 6.07) is -0.190. The highest BCUT2D eigenvalue weighted by Gasteiger charge is 2.29. The van der Waals surface area contributed by atoms with Crippen molar-refractivity contribution in [3.63, 3.8) is 0 Å². The first-order valence-electron chi connectivity index (χ1n) is 3.46. The van der Waals surface area contributed by atoms with Crippen molar-refractivity contribution in [2.24, 2.45) is 11.0 Å². The Morgan fingerprint density at radius 2 is 2.30 bits per heavy atom. The van der Waals surface area contributed by atoms with Gasteiger partial charge in [0, 0.05) is 5.92 Å². The predicted molar refractivity (Wildman–Crippen MR) is 36.7 cm³/mol. The Morgan fingerprint density at radius 1 is 1.50 bits per heavy atom. The Labute approximate surface area is 58.7 Å². The third kappa shape index (κ3) is 0.964. The molecule has 0 aromatic carbocycles. The van der Waals surface area contributed by atoms with Crippen molar-refractivity contribution in [2.45, 2.75) is 12.8 Å². The maximum absolute atomic E-state index is 10.5. The minimum atomic E-state index is -0.190. The number of carbonyl (C=O) groups is 1. The van der Waals surface area contributed by atoms with E-state index in [2.05, 4.69) is 15.8 Å². The summed E-state index contributed by atoms with van der Waals surface area (Å²) in [5.41, 5.74) is 3.49. The zero-order valence-corrected chi connectivity index (χ0v) is 5.55. The van der Waals surface area contributed by atoms with E-state index in [1.807, 2.05) is 0 Å². The number of amides is 2. The third-order valence-electron chi connectivity index (χ3n) is 1.78. The van der Waals surface area contributed by atoms with Crippen molar-refractivity contribution < 1.29 is 4.79 Å². The highest BCUT2D eigenvalue weighted by molar-refractivity contribution is 5.95. The summed E-state index contributed by atoms with van der Waals surface area (Å²) in [5, 5.41) is 6.60. The van der Waals surface area contributed by atoms with Crippen molar-refractivity contribution >= 4 is 11.7 Å². The van der Waals surface area contributed by atoms with Gasteiger partial charge in [-0.1, -0.05) is 0 Å². The molecule has 10 heavy (non-hydrogen) atoms. The van der Waals surface area contributed by atoms with Gasteiger partial charge in [-0.3, -0.25) is 0 Å². The molecule has 4 nitrogen and oxygen atoms in total. The molecule has 0 unspecified atom stereocenters. The van der Waals surface area contributed by atoms with E-state index in [1.54, 1.807) is 0 Å². The van der Waals surface area contributed by atoms with Gasteiger partial charge in [-0.25, -0.2) is 10.2 Å². The van der Waals surface area contributed by atoms with Gasteiger partial charge >= 0.3 is 6.03 Å². The number of nitrogens with one attached hydrogen (secondary N) is 2. The first kappa shape index (κ1) is 5.70. The molecule has 0 spiro atoms. The minimum absolute atomic E-state index is 0.190. The van der Waals surface area contributed by atoms with E-state index in [9.17, 15) is 4.79 Å². The molecular formula is C6H9N3O. The van der Waals surface area contributed by atoms with Crippen LogP contribution in [0.3, 0.4) is 0 Å². The molecule has 4 heteroatoms. The lowest BCUT2D eigenvalue weighted by molar-refractivity contribution is 0.241. The molecule has 1 fully saturated rings. The number of hydrazone groups is 1. The summed E-state index contributed by atoms with van der Waals surface area (Å²) in [6.07, 6.45) is 2.47. The van der Waals surface area contributed by atoms with Crippen molar-refractivity contribution in [3.05, 3.63) is 0 Å². The summed E-state index contributed by atoms with van der Waals surface area (Å²) in [5.74, 6) is 0.646. The van der Waals surface area contributed by atoms with Gasteiger partial charge in [0.15, 0.2) is 0 Å². The zero-order valence-electron chi connectivity index (χ0n) is 5.55. The summed E-state index contributed by atoms with van der Waals surface area (Å²) >= 11 is 0. The van der Waals surface area contributed by atoms with Gasteiger partial charge in [0.1, 0.15) is 0 Å². The second-order valence-corrected chi connectivity index (χ2v) is 2.67. The second kappa shape index (κ2) is 1.97. The molecule has 1 aliphatic carbocycles. The number of nitrogens with zero attached hydrogens (tertiary/aromatic N) is 1. The van der Waals surface area contributed by atoms with Gasteiger partial charge in [-0.05, 0) is 12.8 Å². The quantitative estimate of drug-likeness (QED) is 0.530. The van der Waals surface area contributed by atoms with Gasteiger partial charge < -0.3 is 5.32 Å². The minimum Gasteiger partial charge on any atom is -0.331 e. The maximum atomic E-state index is 10.5. The molecule has 0 saturated heterocycles. The number of rotatable bonds is 1. The third-order valence-corrected chi connectivity index (χ3v) is 1.78. The number of hydrogen-bond donors (Lipinski definition) is 2. The fraction of sp³-hybridized carbons (Fsp3) is 0.667. The molecule has 1 aliphatic heterocycles. The SMILES string of the molecule is O=C1NCC(C2CC2)=NN1. The van der Waals surface area contributed by atoms with Gasteiger partial charge in [-0.2, -0.15) is 5.10 Å². The standard InChI is InChI=1S/C6H9N3O/c10-6-7-3-5(8-9-6)4-1-2-4/h4H,1-3H2,(H2,7,9,10). The molecule has 0 atom stereocenters. The molecule has 2 rings (SSSR count). The lowest BCUT2D eigenvalue weighted by Gasteiger charge is -2.12. The van der Waals surface area contributed by atoms with Crippen LogP contribution in [0.2, 0.25) is 0 Å². The van der Waals surface area contributed by atoms with Crippen LogP contribution in [0.5, 0.6) is 0 Å². The Morgan fingerprint density at radius 3 is 2.80 bits per heavy atom. The van der Waals surface area contributed by atoms with Crippen LogP contribution in [0.15, 0.2) is 5.10 Å². The molecule has 0 aromatic heterocycles. The summed E-state index contributed by atoms with van der Waals surface area (Å²) < 4.78 is 0. The van der Waals surface area contributed by atoms with Crippen molar-refractivity contribution in [1.29, 1.82) is 0 Å². The van der Waals surface area contributed by atoms with Crippen LogP contribution in [0.25, 0.3) is 0 Å². The van der Waals surface area contributed by atoms with Crippen LogP contribution in [0.4, 0.5) is 4.79 Å². The van der Waals surface area contributed by atoms with Crippen molar-refractivity contribution in [1.82, 2.24) is 10.7 Å². The Kier molecular flexibility index (Phi) is 1.12. The molecule has 2 amide bonds. The lowest BCUT2D eigenvalue weighted by atomic mass is 10.2. The van der Waals surface area contributed by atoms with Crippen molar-refractivity contribution in [3.8, 4) is 0 Å². The smallest absolute Gasteiger partial charge is 0.331 e. The molecule has 2 N–H and O–H groups in total. The monoisotopic (exact) mass is 139 g/mol. The summed E-state index contributed by atoms with van der Waals surface area (Å²) in [6.45, 7) is 0.635. The van der Waals surface area contributed by atoms with Crippen molar-refractivity contribution in [2.75, 3.05) is 6.54 Å². The Balaban J connectivity index is 2.02. The van der Waals surface area contributed by atoms with Gasteiger partial charge in [0.2, 0.25) is 0 Å². The largest absolute Gasteiger partial charge is 0.335 e. The number of hydrogen-bond acceptors (Lipinski definition) is 2. The maximum Gasteiger partial charge on any atom is 0.335 e. The zero-order chi connectivity index (χ0) is 6.97. The molecule has 2 aliphatic rings. The van der Waals surface area contributed by atoms with E-state index < -0.39 is 0 Å². The fourth-order valence-corrected chi connectivity index (χ4v) is 1.02. The molecule has 54 valence electrons. The average molecular weight is 139 g/mol. The van der Waals surface area contributed by atoms with Gasteiger partial charge in [-0.15, -0.1) is 0 Å². The predicted octanol–water partition coefficient (Wildman–Crippen LogP) is 0.0652. The van der Waals surface area contributed by atoms with Gasteiger partial charge in [0.25, 0.3) is 0 Å². The van der Waals surface area contributed by atoms with Crippen LogP contribution in [0.1, 0.15) is 12.8 Å². The number of carbonyl (C=O) groups excluding carboxylic acids is 1. The van der Waals surface area contributed by atoms with Crippen LogP contribution in [-0.2, 0) is 0 Å². The fourth-order valence-electron chi connectivity index (χ4n) is 1.02. The molecule has 1 saturated carbocycles. The molecular weight excluding hydrogens is 130 g/mol. The highest BCUT2D eigenvalue weighted by Crippen LogP contribution is 2.30. The topological polar surface area (TPSA) is 53.5 Å². The van der Waals surface area contributed by atoms with E-state index >= 15 is 0 Å². The first-order chi connectivity index (χ1) is 4.86. The average Bonchev–Trinajstić information content (AvgIpc) is 2.71. The van der Waals surface area contributed by atoms with E-state index in [0.717, 1.165) is 5.71 Å². The summed E-state index contributed by atoms with van der Waals surface area (Å²) in [7, 11) is 0. The normalized spacial score (nSPS) is 24.8. The molecule has 0 aromatic rings. The molecule has 0 radical (unpaired) electrons. The summed E-state index contributed by atoms with van der Waals surface area (Å²) in [4.78, 5) is 10.5. The second-order valence-electron chi connectivity index (χ2n) is 2.67. The van der Waals surface area contributed by atoms with Crippen LogP contribution in [-0.4, -0.2) is 18.3 Å². The van der Waals surface area contributed by atoms with E-state index in [4.69, 9.17) is 0 Å². The van der Waals surface area contributed by atoms with Crippen LogP contribution >= 0.6 is 0 Å². The molecule has 0 bridgehead atoms. The first-order valence-corrected chi connectivity index (χ1v) is 3.46. The Hall–Kier alpha value is -1.06. The van der Waals surface area contributed by atoms with E-state index in [0.29, 0.717) is 12.5 Å². The van der Waals surface area contributed by atoms with E-state index in [1.165, 1.54) is 12.8 Å². The Bertz CT molecular complexity index is 195. The molecule has 1 heterocycles.